The van der Waals surface area contributed by atoms with Crippen molar-refractivity contribution >= 4 is 41.7 Å². The summed E-state index contributed by atoms with van der Waals surface area (Å²) in [7, 11) is 1.61. The predicted octanol–water partition coefficient (Wildman–Crippen LogP) is 2.88. The van der Waals surface area contributed by atoms with E-state index >= 15 is 0 Å². The number of rotatable bonds is 12. The van der Waals surface area contributed by atoms with E-state index < -0.39 is 0 Å². The molecule has 0 radical (unpaired) electrons. The fourth-order valence-electron chi connectivity index (χ4n) is 2.18. The van der Waals surface area contributed by atoms with Gasteiger partial charge in [-0.1, -0.05) is 6.07 Å². The van der Waals surface area contributed by atoms with Gasteiger partial charge in [-0.05, 0) is 49.5 Å². The molecule has 0 aliphatic rings. The third-order valence-electron chi connectivity index (χ3n) is 3.41. The third-order valence-corrected chi connectivity index (χ3v) is 4.11. The van der Waals surface area contributed by atoms with Gasteiger partial charge >= 0.3 is 0 Å². The van der Waals surface area contributed by atoms with Crippen LogP contribution in [0.5, 0.6) is 11.5 Å². The van der Waals surface area contributed by atoms with Crippen LogP contribution in [0.15, 0.2) is 23.2 Å². The number of methoxy groups -OCH3 is 1. The summed E-state index contributed by atoms with van der Waals surface area (Å²) < 4.78 is 10.8. The molecule has 0 bridgehead atoms. The zero-order valence-corrected chi connectivity index (χ0v) is 19.1. The maximum atomic E-state index is 8.86. The van der Waals surface area contributed by atoms with Gasteiger partial charge in [0, 0.05) is 13.1 Å². The van der Waals surface area contributed by atoms with Gasteiger partial charge in [-0.2, -0.15) is 11.8 Å². The van der Waals surface area contributed by atoms with E-state index in [1.54, 1.807) is 7.11 Å². The number of ether oxygens (including phenoxy) is 2. The lowest BCUT2D eigenvalue weighted by molar-refractivity contribution is 0.196. The first-order chi connectivity index (χ1) is 12.2. The molecule has 0 atom stereocenters. The van der Waals surface area contributed by atoms with E-state index in [9.17, 15) is 0 Å². The Labute approximate surface area is 178 Å². The molecule has 0 saturated carbocycles. The van der Waals surface area contributed by atoms with Crippen LogP contribution in [0.3, 0.4) is 0 Å². The van der Waals surface area contributed by atoms with Crippen molar-refractivity contribution in [3.05, 3.63) is 23.8 Å². The van der Waals surface area contributed by atoms with Crippen molar-refractivity contribution in [2.45, 2.75) is 26.3 Å². The summed E-state index contributed by atoms with van der Waals surface area (Å²) in [5.74, 6) is 3.30. The molecule has 0 saturated heterocycles. The van der Waals surface area contributed by atoms with Gasteiger partial charge in [-0.25, -0.2) is 4.99 Å². The number of guanidine groups is 1. The number of unbranched alkanes of at least 4 members (excludes halogenated alkanes) is 1. The minimum absolute atomic E-state index is 0. The van der Waals surface area contributed by atoms with Crippen molar-refractivity contribution in [3.8, 4) is 11.5 Å². The highest BCUT2D eigenvalue weighted by Crippen LogP contribution is 2.28. The van der Waals surface area contributed by atoms with Gasteiger partial charge in [0.2, 0.25) is 0 Å². The van der Waals surface area contributed by atoms with Crippen LogP contribution in [0.2, 0.25) is 0 Å². The number of nitrogens with one attached hydrogen (secondary N) is 2. The molecule has 0 spiro atoms. The molecule has 1 aromatic rings. The number of nitrogens with zero attached hydrogens (tertiary/aromatic N) is 1. The lowest BCUT2D eigenvalue weighted by atomic mass is 10.2. The van der Waals surface area contributed by atoms with E-state index in [4.69, 9.17) is 14.6 Å². The molecule has 150 valence electrons. The van der Waals surface area contributed by atoms with E-state index in [1.807, 2.05) is 30.0 Å². The normalized spacial score (nSPS) is 10.8. The SMILES string of the molecule is CCNC(=NCc1ccc(OCCO)c(OC)c1)NCCCCSC.I. The van der Waals surface area contributed by atoms with Gasteiger partial charge < -0.3 is 25.2 Å². The largest absolute Gasteiger partial charge is 0.493 e. The maximum Gasteiger partial charge on any atom is 0.191 e. The summed E-state index contributed by atoms with van der Waals surface area (Å²) in [5.41, 5.74) is 1.03. The van der Waals surface area contributed by atoms with E-state index in [1.165, 1.54) is 12.2 Å². The average molecular weight is 497 g/mol. The zero-order valence-electron chi connectivity index (χ0n) is 15.9. The Hall–Kier alpha value is -0.870. The second-order valence-electron chi connectivity index (χ2n) is 5.38. The molecular weight excluding hydrogens is 465 g/mol. The summed E-state index contributed by atoms with van der Waals surface area (Å²) in [6.07, 6.45) is 4.48. The number of benzene rings is 1. The minimum atomic E-state index is -0.0239. The van der Waals surface area contributed by atoms with Crippen molar-refractivity contribution in [3.63, 3.8) is 0 Å². The lowest BCUT2D eigenvalue weighted by Crippen LogP contribution is -2.37. The molecule has 1 rings (SSSR count). The molecule has 6 nitrogen and oxygen atoms in total. The second-order valence-corrected chi connectivity index (χ2v) is 6.36. The summed E-state index contributed by atoms with van der Waals surface area (Å²) in [6.45, 7) is 4.58. The zero-order chi connectivity index (χ0) is 18.3. The average Bonchev–Trinajstić information content (AvgIpc) is 2.64. The molecule has 0 aromatic heterocycles. The van der Waals surface area contributed by atoms with E-state index in [0.717, 1.165) is 31.0 Å². The number of hydrogen-bond acceptors (Lipinski definition) is 5. The monoisotopic (exact) mass is 497 g/mol. The Bertz CT molecular complexity index is 518. The van der Waals surface area contributed by atoms with Gasteiger partial charge in [-0.3, -0.25) is 0 Å². The van der Waals surface area contributed by atoms with E-state index in [-0.39, 0.29) is 37.2 Å². The highest BCUT2D eigenvalue weighted by Gasteiger charge is 2.06. The summed E-state index contributed by atoms with van der Waals surface area (Å²) in [4.78, 5) is 4.62. The van der Waals surface area contributed by atoms with Crippen LogP contribution in [-0.2, 0) is 6.54 Å². The molecule has 8 heteroatoms. The molecule has 0 heterocycles. The molecule has 3 N–H and O–H groups in total. The highest BCUT2D eigenvalue weighted by atomic mass is 127. The van der Waals surface area contributed by atoms with Crippen LogP contribution in [-0.4, -0.2) is 56.5 Å². The van der Waals surface area contributed by atoms with Gasteiger partial charge in [0.05, 0.1) is 20.3 Å². The maximum absolute atomic E-state index is 8.86. The smallest absolute Gasteiger partial charge is 0.191 e. The Morgan fingerprint density at radius 3 is 2.69 bits per heavy atom. The van der Waals surface area contributed by atoms with Gasteiger partial charge in [0.25, 0.3) is 0 Å². The number of hydrogen-bond donors (Lipinski definition) is 3. The highest BCUT2D eigenvalue weighted by molar-refractivity contribution is 14.0. The number of halogens is 1. The Balaban J connectivity index is 0.00000625. The van der Waals surface area contributed by atoms with Crippen LogP contribution >= 0.6 is 35.7 Å². The molecule has 0 aliphatic carbocycles. The fourth-order valence-corrected chi connectivity index (χ4v) is 2.67. The number of aliphatic hydroxyl groups excluding tert-OH is 1. The van der Waals surface area contributed by atoms with Crippen LogP contribution in [0.25, 0.3) is 0 Å². The standard InChI is InChI=1S/C18H31N3O3S.HI/c1-4-19-18(20-9-5-6-12-25-3)21-14-15-7-8-16(24-11-10-22)17(13-15)23-2;/h7-8,13,22H,4-6,9-12,14H2,1-3H3,(H2,19,20,21);1H. The van der Waals surface area contributed by atoms with E-state index in [0.29, 0.717) is 18.0 Å². The summed E-state index contributed by atoms with van der Waals surface area (Å²) in [6, 6.07) is 5.72. The first-order valence-corrected chi connectivity index (χ1v) is 10.1. The number of aliphatic imine (C=N–C) groups is 1. The van der Waals surface area contributed by atoms with Crippen molar-refractivity contribution in [1.82, 2.24) is 10.6 Å². The van der Waals surface area contributed by atoms with Crippen molar-refractivity contribution in [1.29, 1.82) is 0 Å². The Morgan fingerprint density at radius 1 is 1.23 bits per heavy atom. The summed E-state index contributed by atoms with van der Waals surface area (Å²) in [5, 5.41) is 15.5. The minimum Gasteiger partial charge on any atom is -0.493 e. The van der Waals surface area contributed by atoms with Gasteiger partial charge in [-0.15, -0.1) is 24.0 Å². The van der Waals surface area contributed by atoms with Crippen LogP contribution in [0.4, 0.5) is 0 Å². The predicted molar refractivity (Wildman–Crippen MR) is 121 cm³/mol. The number of thioether (sulfide) groups is 1. The fraction of sp³-hybridized carbons (Fsp3) is 0.611. The van der Waals surface area contributed by atoms with Gasteiger partial charge in [0.15, 0.2) is 17.5 Å². The molecular formula is C18H32IN3O3S. The molecule has 26 heavy (non-hydrogen) atoms. The van der Waals surface area contributed by atoms with Crippen LogP contribution < -0.4 is 20.1 Å². The summed E-state index contributed by atoms with van der Waals surface area (Å²) >= 11 is 1.88. The quantitative estimate of drug-likeness (QED) is 0.179. The molecule has 0 unspecified atom stereocenters. The molecule has 0 amide bonds. The van der Waals surface area contributed by atoms with Crippen LogP contribution in [0, 0.1) is 0 Å². The number of aliphatic hydroxyl groups is 1. The Morgan fingerprint density at radius 2 is 2.04 bits per heavy atom. The molecule has 0 fully saturated rings. The topological polar surface area (TPSA) is 75.1 Å². The Kier molecular flexibility index (Phi) is 15.8. The van der Waals surface area contributed by atoms with Crippen molar-refractivity contribution in [2.75, 3.05) is 45.4 Å². The first kappa shape index (κ1) is 25.1. The van der Waals surface area contributed by atoms with Crippen molar-refractivity contribution in [2.24, 2.45) is 4.99 Å². The van der Waals surface area contributed by atoms with E-state index in [2.05, 4.69) is 28.8 Å². The first-order valence-electron chi connectivity index (χ1n) is 8.66. The lowest BCUT2D eigenvalue weighted by Gasteiger charge is -2.12. The third kappa shape index (κ3) is 10.3. The van der Waals surface area contributed by atoms with Crippen molar-refractivity contribution < 1.29 is 14.6 Å². The molecule has 0 aliphatic heterocycles. The second kappa shape index (κ2) is 16.3. The van der Waals surface area contributed by atoms with Crippen LogP contribution in [0.1, 0.15) is 25.3 Å². The van der Waals surface area contributed by atoms with Gasteiger partial charge in [0.1, 0.15) is 6.61 Å². The molecule has 1 aromatic carbocycles.